The molecule has 0 unspecified atom stereocenters. The topological polar surface area (TPSA) is 49.4 Å². The second-order valence-electron chi connectivity index (χ2n) is 5.83. The third-order valence-electron chi connectivity index (χ3n) is 3.95. The van der Waals surface area contributed by atoms with E-state index in [9.17, 15) is 8.42 Å². The van der Waals surface area contributed by atoms with Gasteiger partial charge in [0.2, 0.25) is 10.0 Å². The van der Waals surface area contributed by atoms with Crippen LogP contribution in [-0.2, 0) is 16.6 Å². The first-order valence-corrected chi connectivity index (χ1v) is 9.50. The predicted octanol–water partition coefficient (Wildman–Crippen LogP) is 2.37. The number of unbranched alkanes of at least 4 members (excludes halogenated alkanes) is 1. The minimum Gasteiger partial charge on any atom is -0.299 e. The van der Waals surface area contributed by atoms with Crippen LogP contribution in [0.1, 0.15) is 38.2 Å². The van der Waals surface area contributed by atoms with Crippen molar-refractivity contribution in [3.63, 3.8) is 0 Å². The summed E-state index contributed by atoms with van der Waals surface area (Å²) in [6.07, 6.45) is 3.45. The van der Waals surface area contributed by atoms with E-state index >= 15 is 0 Å². The van der Waals surface area contributed by atoms with E-state index in [0.29, 0.717) is 0 Å². The first-order chi connectivity index (χ1) is 10.1. The van der Waals surface area contributed by atoms with Crippen molar-refractivity contribution in [3.05, 3.63) is 35.9 Å². The molecule has 0 aromatic heterocycles. The first-order valence-electron chi connectivity index (χ1n) is 7.85. The second-order valence-corrected chi connectivity index (χ2v) is 7.70. The van der Waals surface area contributed by atoms with Gasteiger partial charge in [-0.3, -0.25) is 4.90 Å². The van der Waals surface area contributed by atoms with Gasteiger partial charge in [-0.2, -0.15) is 0 Å². The quantitative estimate of drug-likeness (QED) is 0.841. The van der Waals surface area contributed by atoms with Crippen LogP contribution in [0.3, 0.4) is 0 Å². The van der Waals surface area contributed by atoms with Crippen LogP contribution in [0, 0.1) is 0 Å². The molecule has 0 spiro atoms. The second kappa shape index (κ2) is 7.92. The van der Waals surface area contributed by atoms with Crippen molar-refractivity contribution in [2.45, 2.75) is 45.2 Å². The summed E-state index contributed by atoms with van der Waals surface area (Å²) in [6, 6.07) is 10.5. The number of nitrogens with one attached hydrogen (secondary N) is 1. The normalized spacial score (nSPS) is 18.0. The smallest absolute Gasteiger partial charge is 0.211 e. The van der Waals surface area contributed by atoms with E-state index in [0.717, 1.165) is 45.3 Å². The highest BCUT2D eigenvalue weighted by molar-refractivity contribution is 7.89. The summed E-state index contributed by atoms with van der Waals surface area (Å²) < 4.78 is 26.7. The van der Waals surface area contributed by atoms with Gasteiger partial charge in [0.1, 0.15) is 0 Å². The number of sulfonamides is 1. The molecule has 0 saturated carbocycles. The van der Waals surface area contributed by atoms with Crippen LogP contribution in [0.4, 0.5) is 0 Å². The summed E-state index contributed by atoms with van der Waals surface area (Å²) >= 11 is 0. The molecule has 0 amide bonds. The van der Waals surface area contributed by atoms with Crippen LogP contribution in [0.25, 0.3) is 0 Å². The summed E-state index contributed by atoms with van der Waals surface area (Å²) in [5, 5.41) is 0. The van der Waals surface area contributed by atoms with Crippen LogP contribution in [0.15, 0.2) is 30.3 Å². The van der Waals surface area contributed by atoms with E-state index in [1.54, 1.807) is 0 Å². The van der Waals surface area contributed by atoms with Crippen LogP contribution in [0.2, 0.25) is 0 Å². The Morgan fingerprint density at radius 1 is 1.19 bits per heavy atom. The Kier molecular flexibility index (Phi) is 6.21. The lowest BCUT2D eigenvalue weighted by Gasteiger charge is -2.32. The van der Waals surface area contributed by atoms with Crippen LogP contribution in [-0.4, -0.2) is 38.2 Å². The zero-order valence-electron chi connectivity index (χ0n) is 12.8. The van der Waals surface area contributed by atoms with E-state index in [2.05, 4.69) is 33.9 Å². The fraction of sp³-hybridized carbons (Fsp3) is 0.625. The van der Waals surface area contributed by atoms with Gasteiger partial charge in [0.25, 0.3) is 0 Å². The summed E-state index contributed by atoms with van der Waals surface area (Å²) in [5.74, 6) is 0.258. The van der Waals surface area contributed by atoms with Crippen molar-refractivity contribution in [1.29, 1.82) is 0 Å². The molecule has 0 radical (unpaired) electrons. The van der Waals surface area contributed by atoms with E-state index in [4.69, 9.17) is 0 Å². The molecule has 1 heterocycles. The molecular formula is C16H26N2O2S. The van der Waals surface area contributed by atoms with Gasteiger partial charge in [-0.25, -0.2) is 13.1 Å². The van der Waals surface area contributed by atoms with Crippen molar-refractivity contribution >= 4 is 10.0 Å². The number of likely N-dealkylation sites (tertiary alicyclic amines) is 1. The number of hydrogen-bond donors (Lipinski definition) is 1. The van der Waals surface area contributed by atoms with Crippen LogP contribution >= 0.6 is 0 Å². The van der Waals surface area contributed by atoms with Crippen LogP contribution in [0.5, 0.6) is 0 Å². The first kappa shape index (κ1) is 16.5. The molecule has 21 heavy (non-hydrogen) atoms. The number of hydrogen-bond acceptors (Lipinski definition) is 3. The molecule has 1 N–H and O–H groups in total. The fourth-order valence-electron chi connectivity index (χ4n) is 2.70. The Morgan fingerprint density at radius 3 is 2.48 bits per heavy atom. The molecule has 1 aromatic carbocycles. The Morgan fingerprint density at radius 2 is 1.86 bits per heavy atom. The van der Waals surface area contributed by atoms with Crippen molar-refractivity contribution in [1.82, 2.24) is 9.62 Å². The van der Waals surface area contributed by atoms with Gasteiger partial charge in [-0.1, -0.05) is 43.7 Å². The minimum atomic E-state index is -3.09. The summed E-state index contributed by atoms with van der Waals surface area (Å²) in [5.41, 5.74) is 1.32. The number of piperidine rings is 1. The molecule has 2 rings (SSSR count). The average molecular weight is 310 g/mol. The molecule has 5 heteroatoms. The molecule has 1 saturated heterocycles. The maximum Gasteiger partial charge on any atom is 0.211 e. The average Bonchev–Trinajstić information content (AvgIpc) is 2.48. The zero-order valence-corrected chi connectivity index (χ0v) is 13.6. The van der Waals surface area contributed by atoms with E-state index in [1.165, 1.54) is 5.56 Å². The van der Waals surface area contributed by atoms with Crippen molar-refractivity contribution in [2.24, 2.45) is 0 Å². The van der Waals surface area contributed by atoms with E-state index in [1.807, 2.05) is 13.0 Å². The highest BCUT2D eigenvalue weighted by Gasteiger charge is 2.23. The molecule has 0 aliphatic carbocycles. The minimum absolute atomic E-state index is 0.110. The highest BCUT2D eigenvalue weighted by atomic mass is 32.2. The van der Waals surface area contributed by atoms with Crippen molar-refractivity contribution in [2.75, 3.05) is 18.8 Å². The third-order valence-corrected chi connectivity index (χ3v) is 5.47. The van der Waals surface area contributed by atoms with E-state index < -0.39 is 10.0 Å². The van der Waals surface area contributed by atoms with Gasteiger partial charge in [-0.15, -0.1) is 0 Å². The van der Waals surface area contributed by atoms with Gasteiger partial charge < -0.3 is 0 Å². The third kappa shape index (κ3) is 5.77. The Labute approximate surface area is 128 Å². The SMILES string of the molecule is CCCCS(=O)(=O)NC1CCN(Cc2ccccc2)CC1. The largest absolute Gasteiger partial charge is 0.299 e. The molecule has 1 aliphatic rings. The van der Waals surface area contributed by atoms with Gasteiger partial charge in [0.05, 0.1) is 5.75 Å². The monoisotopic (exact) mass is 310 g/mol. The molecule has 1 aromatic rings. The molecule has 118 valence electrons. The molecule has 4 nitrogen and oxygen atoms in total. The lowest BCUT2D eigenvalue weighted by molar-refractivity contribution is 0.200. The van der Waals surface area contributed by atoms with Crippen LogP contribution < -0.4 is 4.72 Å². The van der Waals surface area contributed by atoms with Gasteiger partial charge in [0.15, 0.2) is 0 Å². The fourth-order valence-corrected chi connectivity index (χ4v) is 4.23. The highest BCUT2D eigenvalue weighted by Crippen LogP contribution is 2.14. The lowest BCUT2D eigenvalue weighted by Crippen LogP contribution is -2.44. The summed E-state index contributed by atoms with van der Waals surface area (Å²) in [6.45, 7) is 4.87. The molecule has 1 aliphatic heterocycles. The Hall–Kier alpha value is -0.910. The predicted molar refractivity (Wildman–Crippen MR) is 86.6 cm³/mol. The van der Waals surface area contributed by atoms with Crippen molar-refractivity contribution < 1.29 is 8.42 Å². The number of benzene rings is 1. The summed E-state index contributed by atoms with van der Waals surface area (Å²) in [7, 11) is -3.09. The number of nitrogens with zero attached hydrogens (tertiary/aromatic N) is 1. The van der Waals surface area contributed by atoms with Crippen molar-refractivity contribution in [3.8, 4) is 0 Å². The zero-order chi connectivity index (χ0) is 15.1. The summed E-state index contributed by atoms with van der Waals surface area (Å²) in [4.78, 5) is 2.40. The standard InChI is InChI=1S/C16H26N2O2S/c1-2-3-13-21(19,20)17-16-9-11-18(12-10-16)14-15-7-5-4-6-8-15/h4-8,16-17H,2-3,9-14H2,1H3. The Balaban J connectivity index is 1.75. The maximum absolute atomic E-state index is 11.9. The number of rotatable bonds is 7. The van der Waals surface area contributed by atoms with Gasteiger partial charge in [0, 0.05) is 25.7 Å². The lowest BCUT2D eigenvalue weighted by atomic mass is 10.1. The molecule has 0 bridgehead atoms. The molecule has 0 atom stereocenters. The van der Waals surface area contributed by atoms with E-state index in [-0.39, 0.29) is 11.8 Å². The van der Waals surface area contributed by atoms with Gasteiger partial charge >= 0.3 is 0 Å². The molecule has 1 fully saturated rings. The van der Waals surface area contributed by atoms with Gasteiger partial charge in [-0.05, 0) is 24.8 Å². The Bertz CT molecular complexity index is 508. The molecular weight excluding hydrogens is 284 g/mol. The maximum atomic E-state index is 11.9.